The zero-order valence-electron chi connectivity index (χ0n) is 11.1. The number of benzene rings is 1. The summed E-state index contributed by atoms with van der Waals surface area (Å²) in [6.07, 6.45) is 3.81. The van der Waals surface area contributed by atoms with Gasteiger partial charge >= 0.3 is 0 Å². The summed E-state index contributed by atoms with van der Waals surface area (Å²) in [5, 5.41) is 5.93. The molecule has 1 unspecified atom stereocenters. The Morgan fingerprint density at radius 1 is 1.28 bits per heavy atom. The van der Waals surface area contributed by atoms with Crippen LogP contribution in [-0.2, 0) is 0 Å². The molecule has 0 aliphatic heterocycles. The summed E-state index contributed by atoms with van der Waals surface area (Å²) in [4.78, 5) is 4.47. The van der Waals surface area contributed by atoms with Crippen LogP contribution in [0.1, 0.15) is 26.7 Å². The van der Waals surface area contributed by atoms with Crippen LogP contribution in [-0.4, -0.2) is 17.1 Å². The van der Waals surface area contributed by atoms with E-state index >= 15 is 0 Å². The second kappa shape index (κ2) is 5.36. The minimum absolute atomic E-state index is 0.00583. The SMILES string of the molecule is CCC(C)(CCN)Nc1nccc2ccccc12. The van der Waals surface area contributed by atoms with Gasteiger partial charge in [0.2, 0.25) is 0 Å². The molecule has 3 nitrogen and oxygen atoms in total. The van der Waals surface area contributed by atoms with Crippen molar-refractivity contribution < 1.29 is 0 Å². The minimum Gasteiger partial charge on any atom is -0.364 e. The average molecular weight is 243 g/mol. The van der Waals surface area contributed by atoms with Gasteiger partial charge in [0.05, 0.1) is 0 Å². The van der Waals surface area contributed by atoms with Gasteiger partial charge in [0, 0.05) is 17.1 Å². The number of hydrogen-bond donors (Lipinski definition) is 2. The van der Waals surface area contributed by atoms with E-state index in [1.165, 1.54) is 5.39 Å². The molecule has 3 heteroatoms. The van der Waals surface area contributed by atoms with Crippen molar-refractivity contribution >= 4 is 16.6 Å². The van der Waals surface area contributed by atoms with E-state index in [2.05, 4.69) is 36.3 Å². The summed E-state index contributed by atoms with van der Waals surface area (Å²) >= 11 is 0. The monoisotopic (exact) mass is 243 g/mol. The van der Waals surface area contributed by atoms with Gasteiger partial charge in [-0.3, -0.25) is 0 Å². The van der Waals surface area contributed by atoms with E-state index < -0.39 is 0 Å². The number of pyridine rings is 1. The molecule has 1 aromatic carbocycles. The van der Waals surface area contributed by atoms with Crippen molar-refractivity contribution in [2.45, 2.75) is 32.2 Å². The van der Waals surface area contributed by atoms with Crippen LogP contribution in [0.3, 0.4) is 0 Å². The summed E-state index contributed by atoms with van der Waals surface area (Å²) in [7, 11) is 0. The van der Waals surface area contributed by atoms with Crippen LogP contribution in [0.2, 0.25) is 0 Å². The molecule has 0 fully saturated rings. The summed E-state index contributed by atoms with van der Waals surface area (Å²) in [6.45, 7) is 5.05. The maximum absolute atomic E-state index is 5.70. The van der Waals surface area contributed by atoms with E-state index in [9.17, 15) is 0 Å². The highest BCUT2D eigenvalue weighted by molar-refractivity contribution is 5.91. The van der Waals surface area contributed by atoms with Gasteiger partial charge in [-0.2, -0.15) is 0 Å². The molecular formula is C15H21N3. The van der Waals surface area contributed by atoms with Gasteiger partial charge < -0.3 is 11.1 Å². The molecule has 0 aliphatic carbocycles. The molecule has 96 valence electrons. The molecule has 1 atom stereocenters. The molecule has 0 bridgehead atoms. The third-order valence-electron chi connectivity index (χ3n) is 3.57. The number of nitrogens with one attached hydrogen (secondary N) is 1. The normalized spacial score (nSPS) is 14.4. The molecule has 1 heterocycles. The number of fused-ring (bicyclic) bond motifs is 1. The fourth-order valence-corrected chi connectivity index (χ4v) is 2.15. The number of aromatic nitrogens is 1. The lowest BCUT2D eigenvalue weighted by Crippen LogP contribution is -2.36. The molecule has 0 saturated carbocycles. The maximum Gasteiger partial charge on any atom is 0.134 e. The van der Waals surface area contributed by atoms with Crippen LogP contribution in [0.25, 0.3) is 10.8 Å². The third-order valence-corrected chi connectivity index (χ3v) is 3.57. The van der Waals surface area contributed by atoms with Gasteiger partial charge in [-0.1, -0.05) is 31.2 Å². The first-order valence-corrected chi connectivity index (χ1v) is 6.50. The fourth-order valence-electron chi connectivity index (χ4n) is 2.15. The molecule has 0 aliphatic rings. The predicted octanol–water partition coefficient (Wildman–Crippen LogP) is 3.16. The van der Waals surface area contributed by atoms with Gasteiger partial charge in [-0.05, 0) is 37.8 Å². The standard InChI is InChI=1S/C15H21N3/c1-3-15(2,9-10-16)18-14-13-7-5-4-6-12(13)8-11-17-14/h4-8,11H,3,9-10,16H2,1-2H3,(H,17,18). The van der Waals surface area contributed by atoms with Gasteiger partial charge in [0.25, 0.3) is 0 Å². The molecular weight excluding hydrogens is 222 g/mol. The summed E-state index contributed by atoms with van der Waals surface area (Å²) in [6, 6.07) is 10.3. The van der Waals surface area contributed by atoms with Crippen molar-refractivity contribution in [3.05, 3.63) is 36.5 Å². The van der Waals surface area contributed by atoms with Crippen LogP contribution in [0.15, 0.2) is 36.5 Å². The van der Waals surface area contributed by atoms with E-state index in [4.69, 9.17) is 5.73 Å². The van der Waals surface area contributed by atoms with Gasteiger partial charge in [-0.25, -0.2) is 4.98 Å². The molecule has 18 heavy (non-hydrogen) atoms. The second-order valence-electron chi connectivity index (χ2n) is 4.96. The topological polar surface area (TPSA) is 50.9 Å². The quantitative estimate of drug-likeness (QED) is 0.848. The fraction of sp³-hybridized carbons (Fsp3) is 0.400. The molecule has 2 aromatic rings. The zero-order valence-corrected chi connectivity index (χ0v) is 11.1. The zero-order chi connectivity index (χ0) is 13.0. The van der Waals surface area contributed by atoms with Crippen molar-refractivity contribution in [3.8, 4) is 0 Å². The van der Waals surface area contributed by atoms with Gasteiger partial charge in [0.1, 0.15) is 5.82 Å². The molecule has 0 radical (unpaired) electrons. The van der Waals surface area contributed by atoms with Crippen molar-refractivity contribution in [2.24, 2.45) is 5.73 Å². The van der Waals surface area contributed by atoms with E-state index in [0.717, 1.165) is 24.0 Å². The molecule has 2 rings (SSSR count). The maximum atomic E-state index is 5.70. The molecule has 1 aromatic heterocycles. The van der Waals surface area contributed by atoms with Gasteiger partial charge in [-0.15, -0.1) is 0 Å². The van der Waals surface area contributed by atoms with Crippen LogP contribution in [0.5, 0.6) is 0 Å². The lowest BCUT2D eigenvalue weighted by Gasteiger charge is -2.30. The first kappa shape index (κ1) is 12.8. The van der Waals surface area contributed by atoms with Gasteiger partial charge in [0.15, 0.2) is 0 Å². The highest BCUT2D eigenvalue weighted by Gasteiger charge is 2.21. The van der Waals surface area contributed by atoms with E-state index in [-0.39, 0.29) is 5.54 Å². The lowest BCUT2D eigenvalue weighted by atomic mass is 9.94. The van der Waals surface area contributed by atoms with Crippen molar-refractivity contribution in [1.82, 2.24) is 4.98 Å². The Morgan fingerprint density at radius 3 is 2.78 bits per heavy atom. The smallest absolute Gasteiger partial charge is 0.134 e. The first-order valence-electron chi connectivity index (χ1n) is 6.50. The lowest BCUT2D eigenvalue weighted by molar-refractivity contribution is 0.462. The van der Waals surface area contributed by atoms with Crippen LogP contribution >= 0.6 is 0 Å². The largest absolute Gasteiger partial charge is 0.364 e. The van der Waals surface area contributed by atoms with Crippen molar-refractivity contribution in [2.75, 3.05) is 11.9 Å². The Balaban J connectivity index is 2.36. The van der Waals surface area contributed by atoms with Crippen LogP contribution in [0.4, 0.5) is 5.82 Å². The minimum atomic E-state index is 0.00583. The molecule has 0 saturated heterocycles. The number of rotatable bonds is 5. The Hall–Kier alpha value is -1.61. The van der Waals surface area contributed by atoms with Crippen LogP contribution in [0, 0.1) is 0 Å². The Bertz CT molecular complexity index is 519. The highest BCUT2D eigenvalue weighted by Crippen LogP contribution is 2.26. The number of hydrogen-bond acceptors (Lipinski definition) is 3. The van der Waals surface area contributed by atoms with Crippen molar-refractivity contribution in [3.63, 3.8) is 0 Å². The predicted molar refractivity (Wildman–Crippen MR) is 77.7 cm³/mol. The third kappa shape index (κ3) is 2.62. The Kier molecular flexibility index (Phi) is 3.82. The van der Waals surface area contributed by atoms with E-state index in [1.807, 2.05) is 24.4 Å². The number of nitrogens with two attached hydrogens (primary N) is 1. The molecule has 0 spiro atoms. The average Bonchev–Trinajstić information content (AvgIpc) is 2.39. The highest BCUT2D eigenvalue weighted by atomic mass is 15.0. The van der Waals surface area contributed by atoms with E-state index in [1.54, 1.807) is 0 Å². The first-order chi connectivity index (χ1) is 8.68. The molecule has 3 N–H and O–H groups in total. The van der Waals surface area contributed by atoms with E-state index in [0.29, 0.717) is 6.54 Å². The second-order valence-corrected chi connectivity index (χ2v) is 4.96. The summed E-state index contributed by atoms with van der Waals surface area (Å²) in [5.41, 5.74) is 5.70. The summed E-state index contributed by atoms with van der Waals surface area (Å²) in [5.74, 6) is 0.950. The van der Waals surface area contributed by atoms with Crippen molar-refractivity contribution in [1.29, 1.82) is 0 Å². The number of anilines is 1. The Labute approximate surface area is 108 Å². The molecule has 0 amide bonds. The van der Waals surface area contributed by atoms with Crippen LogP contribution < -0.4 is 11.1 Å². The summed E-state index contributed by atoms with van der Waals surface area (Å²) < 4.78 is 0. The number of nitrogens with zero attached hydrogens (tertiary/aromatic N) is 1. The Morgan fingerprint density at radius 2 is 2.06 bits per heavy atom.